The minimum absolute atomic E-state index is 0.345. The summed E-state index contributed by atoms with van der Waals surface area (Å²) in [6.07, 6.45) is 3.47. The number of halogens is 1. The molecule has 1 aliphatic heterocycles. The average molecular weight is 312 g/mol. The SMILES string of the molecule is C=CO/C(CC)=C(/C=C)c1ccc(N2CC[C@@H](F)C2)c(C#N)c1. The second-order valence-corrected chi connectivity index (χ2v) is 5.35. The van der Waals surface area contributed by atoms with Crippen LogP contribution in [0.4, 0.5) is 10.1 Å². The van der Waals surface area contributed by atoms with Gasteiger partial charge in [0.05, 0.1) is 17.5 Å². The van der Waals surface area contributed by atoms with Gasteiger partial charge in [-0.1, -0.05) is 32.2 Å². The van der Waals surface area contributed by atoms with Crippen LogP contribution < -0.4 is 4.90 Å². The van der Waals surface area contributed by atoms with Crippen molar-refractivity contribution < 1.29 is 9.13 Å². The minimum Gasteiger partial charge on any atom is -0.469 e. The molecule has 1 aromatic rings. The van der Waals surface area contributed by atoms with Gasteiger partial charge in [-0.15, -0.1) is 0 Å². The van der Waals surface area contributed by atoms with Gasteiger partial charge >= 0.3 is 0 Å². The fourth-order valence-corrected chi connectivity index (χ4v) is 2.84. The van der Waals surface area contributed by atoms with E-state index in [0.717, 1.165) is 22.6 Å². The van der Waals surface area contributed by atoms with E-state index in [1.807, 2.05) is 24.0 Å². The number of hydrogen-bond donors (Lipinski definition) is 0. The van der Waals surface area contributed by atoms with Crippen LogP contribution in [0.5, 0.6) is 0 Å². The molecule has 0 N–H and O–H groups in total. The molecule has 1 fully saturated rings. The third-order valence-corrected chi connectivity index (χ3v) is 3.95. The number of nitrogens with zero attached hydrogens (tertiary/aromatic N) is 2. The largest absolute Gasteiger partial charge is 0.469 e. The van der Waals surface area contributed by atoms with Crippen LogP contribution >= 0.6 is 0 Å². The van der Waals surface area contributed by atoms with Crippen LogP contribution in [0.25, 0.3) is 5.57 Å². The highest BCUT2D eigenvalue weighted by molar-refractivity contribution is 5.78. The predicted molar refractivity (Wildman–Crippen MR) is 91.6 cm³/mol. The van der Waals surface area contributed by atoms with Gasteiger partial charge < -0.3 is 9.64 Å². The number of allylic oxidation sites excluding steroid dienone is 3. The summed E-state index contributed by atoms with van der Waals surface area (Å²) in [4.78, 5) is 1.92. The fourth-order valence-electron chi connectivity index (χ4n) is 2.84. The molecule has 0 aliphatic carbocycles. The maximum atomic E-state index is 13.4. The van der Waals surface area contributed by atoms with Gasteiger partial charge in [0, 0.05) is 25.1 Å². The molecule has 23 heavy (non-hydrogen) atoms. The number of ether oxygens (including phenoxy) is 1. The summed E-state index contributed by atoms with van der Waals surface area (Å²) in [5, 5.41) is 9.46. The Morgan fingerprint density at radius 2 is 2.30 bits per heavy atom. The molecule has 0 saturated carbocycles. The normalized spacial score (nSPS) is 18.1. The summed E-state index contributed by atoms with van der Waals surface area (Å²) in [7, 11) is 0. The van der Waals surface area contributed by atoms with Gasteiger partial charge in [0.25, 0.3) is 0 Å². The van der Waals surface area contributed by atoms with Gasteiger partial charge in [-0.3, -0.25) is 0 Å². The average Bonchev–Trinajstić information content (AvgIpc) is 3.00. The lowest BCUT2D eigenvalue weighted by molar-refractivity contribution is 0.342. The molecular weight excluding hydrogens is 291 g/mol. The van der Waals surface area contributed by atoms with Crippen molar-refractivity contribution in [2.75, 3.05) is 18.0 Å². The Hall–Kier alpha value is -2.54. The maximum Gasteiger partial charge on any atom is 0.119 e. The topological polar surface area (TPSA) is 36.3 Å². The van der Waals surface area contributed by atoms with Crippen molar-refractivity contribution in [1.82, 2.24) is 0 Å². The molecule has 0 amide bonds. The van der Waals surface area contributed by atoms with E-state index in [0.29, 0.717) is 31.5 Å². The Morgan fingerprint density at radius 1 is 1.52 bits per heavy atom. The highest BCUT2D eigenvalue weighted by Crippen LogP contribution is 2.30. The monoisotopic (exact) mass is 312 g/mol. The summed E-state index contributed by atoms with van der Waals surface area (Å²) in [5.41, 5.74) is 3.00. The highest BCUT2D eigenvalue weighted by Gasteiger charge is 2.24. The van der Waals surface area contributed by atoms with Crippen LogP contribution in [0.15, 0.2) is 49.5 Å². The van der Waals surface area contributed by atoms with E-state index >= 15 is 0 Å². The summed E-state index contributed by atoms with van der Waals surface area (Å²) in [5.74, 6) is 0.747. The number of benzene rings is 1. The zero-order valence-electron chi connectivity index (χ0n) is 13.4. The Bertz CT molecular complexity index is 672. The Balaban J connectivity index is 2.44. The van der Waals surface area contributed by atoms with E-state index in [2.05, 4.69) is 19.2 Å². The molecule has 120 valence electrons. The van der Waals surface area contributed by atoms with E-state index in [4.69, 9.17) is 4.74 Å². The van der Waals surface area contributed by atoms with Gasteiger partial charge in [0.1, 0.15) is 18.0 Å². The van der Waals surface area contributed by atoms with Crippen LogP contribution in [0.2, 0.25) is 0 Å². The Kier molecular flexibility index (Phi) is 5.59. The standard InChI is InChI=1S/C19H21FN2O/c1-4-17(19(5-2)23-6-3)14-7-8-18(15(11-14)12-21)22-10-9-16(20)13-22/h4,6-8,11,16H,1,3,5,9-10,13H2,2H3/b19-17-/t16-/m1/s1. The highest BCUT2D eigenvalue weighted by atomic mass is 19.1. The molecule has 0 radical (unpaired) electrons. The van der Waals surface area contributed by atoms with Crippen LogP contribution in [-0.2, 0) is 4.74 Å². The quantitative estimate of drug-likeness (QED) is 0.570. The number of alkyl halides is 1. The third-order valence-electron chi connectivity index (χ3n) is 3.95. The van der Waals surface area contributed by atoms with Crippen molar-refractivity contribution in [2.45, 2.75) is 25.9 Å². The summed E-state index contributed by atoms with van der Waals surface area (Å²) in [6, 6.07) is 7.81. The van der Waals surface area contributed by atoms with Gasteiger partial charge in [-0.25, -0.2) is 4.39 Å². The second kappa shape index (κ2) is 7.64. The molecule has 1 aromatic carbocycles. The molecule has 0 spiro atoms. The number of hydrogen-bond acceptors (Lipinski definition) is 3. The van der Waals surface area contributed by atoms with Crippen molar-refractivity contribution in [3.63, 3.8) is 0 Å². The number of rotatable bonds is 6. The summed E-state index contributed by atoms with van der Waals surface area (Å²) in [6.45, 7) is 10.4. The predicted octanol–water partition coefficient (Wildman–Crippen LogP) is 4.57. The van der Waals surface area contributed by atoms with Crippen molar-refractivity contribution in [2.24, 2.45) is 0 Å². The van der Waals surface area contributed by atoms with Crippen LogP contribution in [0.3, 0.4) is 0 Å². The van der Waals surface area contributed by atoms with Crippen molar-refractivity contribution >= 4 is 11.3 Å². The number of anilines is 1. The van der Waals surface area contributed by atoms with Crippen molar-refractivity contribution in [3.05, 3.63) is 60.6 Å². The number of nitriles is 1. The minimum atomic E-state index is -0.822. The first-order chi connectivity index (χ1) is 11.1. The molecular formula is C19H21FN2O. The van der Waals surface area contributed by atoms with Crippen molar-refractivity contribution in [3.8, 4) is 6.07 Å². The molecule has 0 unspecified atom stereocenters. The molecule has 0 aromatic heterocycles. The summed E-state index contributed by atoms with van der Waals surface area (Å²) >= 11 is 0. The van der Waals surface area contributed by atoms with Crippen molar-refractivity contribution in [1.29, 1.82) is 5.26 Å². The van der Waals surface area contributed by atoms with Gasteiger partial charge in [0.2, 0.25) is 0 Å². The summed E-state index contributed by atoms with van der Waals surface area (Å²) < 4.78 is 18.9. The lowest BCUT2D eigenvalue weighted by atomic mass is 10.00. The first-order valence-corrected chi connectivity index (χ1v) is 7.71. The second-order valence-electron chi connectivity index (χ2n) is 5.35. The fraction of sp³-hybridized carbons (Fsp3) is 0.316. The van der Waals surface area contributed by atoms with Crippen LogP contribution in [0.1, 0.15) is 30.9 Å². The molecule has 3 nitrogen and oxygen atoms in total. The van der Waals surface area contributed by atoms with Gasteiger partial charge in [-0.05, 0) is 24.1 Å². The van der Waals surface area contributed by atoms with E-state index in [1.54, 1.807) is 12.1 Å². The molecule has 1 atom stereocenters. The van der Waals surface area contributed by atoms with Gasteiger partial charge in [0.15, 0.2) is 0 Å². The zero-order valence-corrected chi connectivity index (χ0v) is 13.4. The first-order valence-electron chi connectivity index (χ1n) is 7.71. The van der Waals surface area contributed by atoms with E-state index in [1.165, 1.54) is 6.26 Å². The zero-order chi connectivity index (χ0) is 16.8. The third kappa shape index (κ3) is 3.62. The molecule has 4 heteroatoms. The Morgan fingerprint density at radius 3 is 2.83 bits per heavy atom. The van der Waals surface area contributed by atoms with Gasteiger partial charge in [-0.2, -0.15) is 5.26 Å². The van der Waals surface area contributed by atoms with E-state index in [-0.39, 0.29) is 0 Å². The van der Waals surface area contributed by atoms with E-state index < -0.39 is 6.17 Å². The smallest absolute Gasteiger partial charge is 0.119 e. The first kappa shape index (κ1) is 16.8. The molecule has 2 rings (SSSR count). The lowest BCUT2D eigenvalue weighted by Gasteiger charge is -2.20. The molecule has 1 aliphatic rings. The lowest BCUT2D eigenvalue weighted by Crippen LogP contribution is -2.21. The maximum absolute atomic E-state index is 13.4. The molecule has 1 saturated heterocycles. The Labute approximate surface area is 137 Å². The van der Waals surface area contributed by atoms with E-state index in [9.17, 15) is 9.65 Å². The molecule has 1 heterocycles. The molecule has 0 bridgehead atoms. The van der Waals surface area contributed by atoms with Crippen LogP contribution in [0, 0.1) is 11.3 Å². The van der Waals surface area contributed by atoms with Crippen LogP contribution in [-0.4, -0.2) is 19.3 Å².